The Kier molecular flexibility index (Phi) is 2.76. The van der Waals surface area contributed by atoms with Crippen molar-refractivity contribution in [3.8, 4) is 0 Å². The maximum Gasteiger partial charge on any atom is 0.178 e. The predicted molar refractivity (Wildman–Crippen MR) is 70.9 cm³/mol. The quantitative estimate of drug-likeness (QED) is 0.784. The van der Waals surface area contributed by atoms with E-state index >= 15 is 0 Å². The highest BCUT2D eigenvalue weighted by Gasteiger charge is 2.18. The van der Waals surface area contributed by atoms with Gasteiger partial charge in [0.25, 0.3) is 0 Å². The summed E-state index contributed by atoms with van der Waals surface area (Å²) < 4.78 is 8.51. The monoisotopic (exact) mass is 248 g/mol. The first-order valence-corrected chi connectivity index (χ1v) is 6.45. The third kappa shape index (κ3) is 1.91. The fourth-order valence-corrected chi connectivity index (χ4v) is 2.89. The molecule has 0 bridgehead atoms. The largest absolute Gasteiger partial charge is 0.381 e. The number of hydrogen-bond donors (Lipinski definition) is 1. The number of fused-ring (bicyclic) bond motifs is 1. The van der Waals surface area contributed by atoms with Gasteiger partial charge in [-0.3, -0.25) is 0 Å². The van der Waals surface area contributed by atoms with Crippen LogP contribution in [0.1, 0.15) is 24.4 Å². The van der Waals surface area contributed by atoms with Crippen LogP contribution >= 0.6 is 12.2 Å². The van der Waals surface area contributed by atoms with Gasteiger partial charge in [0.05, 0.1) is 11.0 Å². The van der Waals surface area contributed by atoms with E-state index in [1.54, 1.807) is 0 Å². The average Bonchev–Trinajstić information content (AvgIpc) is 2.65. The summed E-state index contributed by atoms with van der Waals surface area (Å²) in [5.74, 6) is 0. The number of aromatic amines is 1. The average molecular weight is 248 g/mol. The lowest BCUT2D eigenvalue weighted by molar-refractivity contribution is 0.0702. The Labute approximate surface area is 105 Å². The molecule has 90 valence electrons. The van der Waals surface area contributed by atoms with Crippen LogP contribution in [0.4, 0.5) is 0 Å². The summed E-state index contributed by atoms with van der Waals surface area (Å²) in [5, 5.41) is 0. The van der Waals surface area contributed by atoms with Crippen LogP contribution in [0.2, 0.25) is 0 Å². The third-order valence-corrected chi connectivity index (χ3v) is 3.73. The zero-order valence-corrected chi connectivity index (χ0v) is 10.7. The van der Waals surface area contributed by atoms with E-state index in [-0.39, 0.29) is 0 Å². The summed E-state index contributed by atoms with van der Waals surface area (Å²) in [7, 11) is 0. The van der Waals surface area contributed by atoms with Gasteiger partial charge in [-0.2, -0.15) is 0 Å². The lowest BCUT2D eigenvalue weighted by atomic mass is 10.1. The molecule has 1 aromatic heterocycles. The van der Waals surface area contributed by atoms with Crippen molar-refractivity contribution >= 4 is 23.3 Å². The zero-order chi connectivity index (χ0) is 11.8. The number of imidazole rings is 1. The van der Waals surface area contributed by atoms with Crippen molar-refractivity contribution < 1.29 is 4.74 Å². The van der Waals surface area contributed by atoms with Gasteiger partial charge in [-0.25, -0.2) is 0 Å². The van der Waals surface area contributed by atoms with Crippen LogP contribution in [0.5, 0.6) is 0 Å². The predicted octanol–water partition coefficient (Wildman–Crippen LogP) is 3.36. The highest BCUT2D eigenvalue weighted by molar-refractivity contribution is 7.71. The van der Waals surface area contributed by atoms with E-state index in [0.717, 1.165) is 36.3 Å². The molecule has 2 heterocycles. The molecular weight excluding hydrogens is 232 g/mol. The van der Waals surface area contributed by atoms with Crippen LogP contribution in [-0.4, -0.2) is 22.8 Å². The number of benzene rings is 1. The summed E-state index contributed by atoms with van der Waals surface area (Å²) in [6.45, 7) is 3.79. The van der Waals surface area contributed by atoms with Gasteiger partial charge in [0.1, 0.15) is 0 Å². The summed E-state index contributed by atoms with van der Waals surface area (Å²) in [4.78, 5) is 3.29. The van der Waals surface area contributed by atoms with Gasteiger partial charge in [-0.05, 0) is 49.7 Å². The lowest BCUT2D eigenvalue weighted by Gasteiger charge is -2.24. The molecule has 4 heteroatoms. The maximum absolute atomic E-state index is 5.44. The van der Waals surface area contributed by atoms with E-state index in [0.29, 0.717) is 6.04 Å². The minimum Gasteiger partial charge on any atom is -0.381 e. The van der Waals surface area contributed by atoms with E-state index in [2.05, 4.69) is 34.7 Å². The molecule has 0 aliphatic carbocycles. The molecule has 0 spiro atoms. The van der Waals surface area contributed by atoms with Gasteiger partial charge in [-0.1, -0.05) is 6.07 Å². The molecule has 0 saturated carbocycles. The SMILES string of the molecule is Cc1ccc2[nH]c(=S)n(C3CCOCC3)c2c1. The van der Waals surface area contributed by atoms with Crippen molar-refractivity contribution in [1.29, 1.82) is 0 Å². The molecule has 1 saturated heterocycles. The van der Waals surface area contributed by atoms with Gasteiger partial charge in [0, 0.05) is 19.3 Å². The second-order valence-corrected chi connectivity index (χ2v) is 5.05. The number of nitrogens with one attached hydrogen (secondary N) is 1. The van der Waals surface area contributed by atoms with Crippen LogP contribution in [-0.2, 0) is 4.74 Å². The van der Waals surface area contributed by atoms with E-state index < -0.39 is 0 Å². The van der Waals surface area contributed by atoms with E-state index in [9.17, 15) is 0 Å². The smallest absolute Gasteiger partial charge is 0.178 e. The summed E-state index contributed by atoms with van der Waals surface area (Å²) in [6, 6.07) is 6.90. The number of aromatic nitrogens is 2. The fourth-order valence-electron chi connectivity index (χ4n) is 2.54. The van der Waals surface area contributed by atoms with Gasteiger partial charge in [0.2, 0.25) is 0 Å². The standard InChI is InChI=1S/C13H16N2OS/c1-9-2-3-11-12(8-9)15(13(17)14-11)10-4-6-16-7-5-10/h2-3,8,10H,4-7H2,1H3,(H,14,17). The van der Waals surface area contributed by atoms with E-state index in [1.807, 2.05) is 0 Å². The van der Waals surface area contributed by atoms with Crippen molar-refractivity contribution in [2.24, 2.45) is 0 Å². The Bertz CT molecular complexity index is 593. The van der Waals surface area contributed by atoms with Crippen LogP contribution in [0.25, 0.3) is 11.0 Å². The molecule has 1 aliphatic heterocycles. The van der Waals surface area contributed by atoms with Crippen molar-refractivity contribution in [2.75, 3.05) is 13.2 Å². The molecule has 2 aromatic rings. The molecule has 0 radical (unpaired) electrons. The number of hydrogen-bond acceptors (Lipinski definition) is 2. The topological polar surface area (TPSA) is 29.9 Å². The van der Waals surface area contributed by atoms with Crippen molar-refractivity contribution in [3.05, 3.63) is 28.5 Å². The minimum atomic E-state index is 0.479. The molecule has 17 heavy (non-hydrogen) atoms. The molecule has 3 rings (SSSR count). The zero-order valence-electron chi connectivity index (χ0n) is 9.90. The van der Waals surface area contributed by atoms with Gasteiger partial charge >= 0.3 is 0 Å². The van der Waals surface area contributed by atoms with Gasteiger partial charge in [-0.15, -0.1) is 0 Å². The highest BCUT2D eigenvalue weighted by atomic mass is 32.1. The summed E-state index contributed by atoms with van der Waals surface area (Å²) in [6.07, 6.45) is 2.10. The van der Waals surface area contributed by atoms with Crippen LogP contribution in [0.15, 0.2) is 18.2 Å². The number of H-pyrrole nitrogens is 1. The third-order valence-electron chi connectivity index (χ3n) is 3.43. The van der Waals surface area contributed by atoms with Crippen LogP contribution < -0.4 is 0 Å². The molecule has 1 N–H and O–H groups in total. The van der Waals surface area contributed by atoms with Crippen LogP contribution in [0, 0.1) is 11.7 Å². The van der Waals surface area contributed by atoms with Crippen molar-refractivity contribution in [2.45, 2.75) is 25.8 Å². The van der Waals surface area contributed by atoms with Crippen LogP contribution in [0.3, 0.4) is 0 Å². The summed E-state index contributed by atoms with van der Waals surface area (Å²) in [5.41, 5.74) is 3.63. The maximum atomic E-state index is 5.44. The van der Waals surface area contributed by atoms with Crippen molar-refractivity contribution in [1.82, 2.24) is 9.55 Å². The molecule has 1 aromatic carbocycles. The Morgan fingerprint density at radius 1 is 1.35 bits per heavy atom. The van der Waals surface area contributed by atoms with Crippen molar-refractivity contribution in [3.63, 3.8) is 0 Å². The van der Waals surface area contributed by atoms with Gasteiger partial charge in [0.15, 0.2) is 4.77 Å². The van der Waals surface area contributed by atoms with Gasteiger partial charge < -0.3 is 14.3 Å². The molecule has 3 nitrogen and oxygen atoms in total. The normalized spacial score (nSPS) is 17.7. The molecule has 0 atom stereocenters. The number of rotatable bonds is 1. The van der Waals surface area contributed by atoms with E-state index in [4.69, 9.17) is 17.0 Å². The molecule has 1 aliphatic rings. The Balaban J connectivity index is 2.16. The Hall–Kier alpha value is -1.13. The molecule has 0 unspecified atom stereocenters. The highest BCUT2D eigenvalue weighted by Crippen LogP contribution is 2.26. The first kappa shape index (κ1) is 11.0. The Morgan fingerprint density at radius 3 is 2.88 bits per heavy atom. The second-order valence-electron chi connectivity index (χ2n) is 4.66. The number of ether oxygens (including phenoxy) is 1. The fraction of sp³-hybridized carbons (Fsp3) is 0.462. The second kappa shape index (κ2) is 4.27. The molecular formula is C13H16N2OS. The first-order chi connectivity index (χ1) is 8.25. The first-order valence-electron chi connectivity index (χ1n) is 6.04. The number of nitrogens with zero attached hydrogens (tertiary/aromatic N) is 1. The molecule has 0 amide bonds. The number of aryl methyl sites for hydroxylation is 1. The minimum absolute atomic E-state index is 0.479. The summed E-state index contributed by atoms with van der Waals surface area (Å²) >= 11 is 5.44. The van der Waals surface area contributed by atoms with E-state index in [1.165, 1.54) is 11.1 Å². The Morgan fingerprint density at radius 2 is 2.12 bits per heavy atom. The lowest BCUT2D eigenvalue weighted by Crippen LogP contribution is -2.19. The molecule has 1 fully saturated rings.